The van der Waals surface area contributed by atoms with E-state index in [0.29, 0.717) is 0 Å². The molecule has 16 heavy (non-hydrogen) atoms. The van der Waals surface area contributed by atoms with E-state index in [2.05, 4.69) is 59.2 Å². The number of nitrogens with one attached hydrogen (secondary N) is 1. The molecule has 1 heterocycles. The third-order valence-corrected chi connectivity index (χ3v) is 4.20. The van der Waals surface area contributed by atoms with Gasteiger partial charge in [0.05, 0.1) is 0 Å². The van der Waals surface area contributed by atoms with Crippen LogP contribution >= 0.6 is 11.8 Å². The predicted octanol–water partition coefficient (Wildman–Crippen LogP) is 2.54. The molecule has 1 aromatic carbocycles. The quantitative estimate of drug-likeness (QED) is 0.865. The fraction of sp³-hybridized carbons (Fsp3) is 0.538. The average Bonchev–Trinajstić information content (AvgIpc) is 2.33. The largest absolute Gasteiger partial charge is 0.384 e. The van der Waals surface area contributed by atoms with E-state index >= 15 is 0 Å². The van der Waals surface area contributed by atoms with Crippen LogP contribution in [-0.2, 0) is 0 Å². The lowest BCUT2D eigenvalue weighted by Crippen LogP contribution is -2.42. The Morgan fingerprint density at radius 1 is 1.38 bits per heavy atom. The van der Waals surface area contributed by atoms with E-state index in [1.54, 1.807) is 0 Å². The van der Waals surface area contributed by atoms with Crippen molar-refractivity contribution in [1.82, 2.24) is 4.90 Å². The average molecular weight is 236 g/mol. The molecular weight excluding hydrogens is 216 g/mol. The van der Waals surface area contributed by atoms with Gasteiger partial charge in [0.25, 0.3) is 0 Å². The molecule has 1 fully saturated rings. The van der Waals surface area contributed by atoms with Gasteiger partial charge < -0.3 is 5.32 Å². The Morgan fingerprint density at radius 2 is 2.19 bits per heavy atom. The van der Waals surface area contributed by atoms with Gasteiger partial charge in [-0.1, -0.05) is 18.2 Å². The molecule has 1 saturated heterocycles. The summed E-state index contributed by atoms with van der Waals surface area (Å²) >= 11 is 2.07. The van der Waals surface area contributed by atoms with Crippen LogP contribution in [0.1, 0.15) is 6.92 Å². The predicted molar refractivity (Wildman–Crippen MR) is 73.3 cm³/mol. The molecule has 1 aromatic rings. The van der Waals surface area contributed by atoms with Crippen LogP contribution in [0.4, 0.5) is 5.69 Å². The van der Waals surface area contributed by atoms with Crippen LogP contribution in [0.3, 0.4) is 0 Å². The van der Waals surface area contributed by atoms with Crippen molar-refractivity contribution in [3.63, 3.8) is 0 Å². The monoisotopic (exact) mass is 236 g/mol. The molecule has 0 spiro atoms. The van der Waals surface area contributed by atoms with Crippen LogP contribution < -0.4 is 5.32 Å². The number of para-hydroxylation sites is 1. The first-order chi connectivity index (χ1) is 7.86. The second-order valence-corrected chi connectivity index (χ2v) is 5.40. The molecule has 0 aromatic heterocycles. The Labute approximate surface area is 102 Å². The smallest absolute Gasteiger partial charge is 0.0340 e. The van der Waals surface area contributed by atoms with E-state index in [9.17, 15) is 0 Å². The molecule has 3 heteroatoms. The second-order valence-electron chi connectivity index (χ2n) is 4.25. The summed E-state index contributed by atoms with van der Waals surface area (Å²) in [5.74, 6) is 2.57. The van der Waals surface area contributed by atoms with Crippen molar-refractivity contribution in [1.29, 1.82) is 0 Å². The lowest BCUT2D eigenvalue weighted by molar-refractivity contribution is 0.242. The Balaban J connectivity index is 1.71. The molecule has 1 N–H and O–H groups in total. The molecule has 1 aliphatic rings. The minimum atomic E-state index is 0.733. The highest BCUT2D eigenvalue weighted by molar-refractivity contribution is 7.99. The molecule has 2 nitrogen and oxygen atoms in total. The topological polar surface area (TPSA) is 15.3 Å². The van der Waals surface area contributed by atoms with Crippen molar-refractivity contribution in [2.24, 2.45) is 0 Å². The number of rotatable bonds is 4. The minimum Gasteiger partial charge on any atom is -0.384 e. The standard InChI is InChI=1S/C13H20N2S/c1-12-11-16-10-9-15(12)8-7-14-13-5-3-2-4-6-13/h2-6,12,14H,7-11H2,1H3. The highest BCUT2D eigenvalue weighted by Gasteiger charge is 2.17. The summed E-state index contributed by atoms with van der Waals surface area (Å²) in [4.78, 5) is 2.58. The van der Waals surface area contributed by atoms with Crippen molar-refractivity contribution in [2.75, 3.05) is 36.5 Å². The number of thioether (sulfide) groups is 1. The van der Waals surface area contributed by atoms with Crippen LogP contribution in [-0.4, -0.2) is 42.1 Å². The molecular formula is C13H20N2S. The van der Waals surface area contributed by atoms with E-state index < -0.39 is 0 Å². The highest BCUT2D eigenvalue weighted by atomic mass is 32.2. The third-order valence-electron chi connectivity index (χ3n) is 3.01. The van der Waals surface area contributed by atoms with E-state index in [1.165, 1.54) is 23.7 Å². The maximum atomic E-state index is 3.46. The molecule has 1 atom stereocenters. The van der Waals surface area contributed by atoms with E-state index in [4.69, 9.17) is 0 Å². The van der Waals surface area contributed by atoms with Gasteiger partial charge in [-0.2, -0.15) is 11.8 Å². The summed E-state index contributed by atoms with van der Waals surface area (Å²) in [6.45, 7) is 5.76. The first-order valence-electron chi connectivity index (χ1n) is 5.97. The first kappa shape index (κ1) is 11.8. The van der Waals surface area contributed by atoms with Gasteiger partial charge >= 0.3 is 0 Å². The van der Waals surface area contributed by atoms with Gasteiger partial charge in [0, 0.05) is 42.9 Å². The first-order valence-corrected chi connectivity index (χ1v) is 7.12. The molecule has 88 valence electrons. The second kappa shape index (κ2) is 6.16. The molecule has 0 amide bonds. The molecule has 1 unspecified atom stereocenters. The number of hydrogen-bond donors (Lipinski definition) is 1. The molecule has 1 aliphatic heterocycles. The number of anilines is 1. The summed E-state index contributed by atoms with van der Waals surface area (Å²) in [7, 11) is 0. The Bertz CT molecular complexity index is 302. The zero-order valence-electron chi connectivity index (χ0n) is 9.86. The Hall–Kier alpha value is -0.670. The SMILES string of the molecule is CC1CSCCN1CCNc1ccccc1. The normalized spacial score (nSPS) is 21.9. The maximum Gasteiger partial charge on any atom is 0.0340 e. The molecule has 2 rings (SSSR count). The summed E-state index contributed by atoms with van der Waals surface area (Å²) in [6.07, 6.45) is 0. The van der Waals surface area contributed by atoms with Gasteiger partial charge in [0.1, 0.15) is 0 Å². The zero-order chi connectivity index (χ0) is 11.2. The molecule has 0 aliphatic carbocycles. The van der Waals surface area contributed by atoms with Gasteiger partial charge in [-0.25, -0.2) is 0 Å². The van der Waals surface area contributed by atoms with Gasteiger partial charge in [-0.15, -0.1) is 0 Å². The van der Waals surface area contributed by atoms with E-state index in [0.717, 1.165) is 19.1 Å². The van der Waals surface area contributed by atoms with Crippen LogP contribution in [0, 0.1) is 0 Å². The van der Waals surface area contributed by atoms with Crippen molar-refractivity contribution in [2.45, 2.75) is 13.0 Å². The van der Waals surface area contributed by atoms with Crippen molar-refractivity contribution < 1.29 is 0 Å². The Morgan fingerprint density at radius 3 is 2.94 bits per heavy atom. The number of hydrogen-bond acceptors (Lipinski definition) is 3. The third kappa shape index (κ3) is 3.42. The number of benzene rings is 1. The molecule has 0 bridgehead atoms. The van der Waals surface area contributed by atoms with Crippen LogP contribution in [0.5, 0.6) is 0 Å². The Kier molecular flexibility index (Phi) is 4.55. The van der Waals surface area contributed by atoms with E-state index in [-0.39, 0.29) is 0 Å². The minimum absolute atomic E-state index is 0.733. The van der Waals surface area contributed by atoms with Gasteiger partial charge in [0.15, 0.2) is 0 Å². The van der Waals surface area contributed by atoms with Crippen molar-refractivity contribution in [3.05, 3.63) is 30.3 Å². The lowest BCUT2D eigenvalue weighted by atomic mass is 10.3. The lowest BCUT2D eigenvalue weighted by Gasteiger charge is -2.32. The van der Waals surface area contributed by atoms with Gasteiger partial charge in [-0.05, 0) is 19.1 Å². The van der Waals surface area contributed by atoms with Crippen molar-refractivity contribution >= 4 is 17.4 Å². The molecule has 0 saturated carbocycles. The zero-order valence-corrected chi connectivity index (χ0v) is 10.7. The van der Waals surface area contributed by atoms with Gasteiger partial charge in [0.2, 0.25) is 0 Å². The highest BCUT2D eigenvalue weighted by Crippen LogP contribution is 2.15. The number of nitrogens with zero attached hydrogens (tertiary/aromatic N) is 1. The fourth-order valence-corrected chi connectivity index (χ4v) is 3.08. The van der Waals surface area contributed by atoms with E-state index in [1.807, 2.05) is 0 Å². The van der Waals surface area contributed by atoms with Crippen LogP contribution in [0.25, 0.3) is 0 Å². The van der Waals surface area contributed by atoms with Gasteiger partial charge in [-0.3, -0.25) is 4.90 Å². The van der Waals surface area contributed by atoms with Crippen LogP contribution in [0.2, 0.25) is 0 Å². The summed E-state index contributed by atoms with van der Waals surface area (Å²) in [5.41, 5.74) is 1.22. The van der Waals surface area contributed by atoms with Crippen molar-refractivity contribution in [3.8, 4) is 0 Å². The summed E-state index contributed by atoms with van der Waals surface area (Å²) in [5, 5.41) is 3.46. The fourth-order valence-electron chi connectivity index (χ4n) is 1.99. The summed E-state index contributed by atoms with van der Waals surface area (Å²) in [6, 6.07) is 11.2. The maximum absolute atomic E-state index is 3.46. The van der Waals surface area contributed by atoms with Crippen LogP contribution in [0.15, 0.2) is 30.3 Å². The molecule has 0 radical (unpaired) electrons. The summed E-state index contributed by atoms with van der Waals surface area (Å²) < 4.78 is 0.